The van der Waals surface area contributed by atoms with Crippen molar-refractivity contribution in [2.45, 2.75) is 40.0 Å². The fourth-order valence-corrected chi connectivity index (χ4v) is 3.02. The Bertz CT molecular complexity index is 723. The van der Waals surface area contributed by atoms with Crippen molar-refractivity contribution in [3.8, 4) is 0 Å². The van der Waals surface area contributed by atoms with Gasteiger partial charge in [0.25, 0.3) is 0 Å². The second-order valence-corrected chi connectivity index (χ2v) is 7.73. The van der Waals surface area contributed by atoms with Gasteiger partial charge in [0.15, 0.2) is 11.7 Å². The smallest absolute Gasteiger partial charge is 0.343 e. The molecule has 0 atom stereocenters. The maximum Gasteiger partial charge on any atom is 0.343 e. The van der Waals surface area contributed by atoms with E-state index in [0.29, 0.717) is 47.8 Å². The largest absolute Gasteiger partial charge is 0.427 e. The zero-order chi connectivity index (χ0) is 19.2. The molecular formula is C20H25NO4S. The second-order valence-electron chi connectivity index (χ2n) is 6.92. The molecule has 0 saturated heterocycles. The number of carbonyl (C=O) groups is 2. The van der Waals surface area contributed by atoms with Crippen LogP contribution in [-0.2, 0) is 14.4 Å². The van der Waals surface area contributed by atoms with E-state index in [1.54, 1.807) is 24.3 Å². The van der Waals surface area contributed by atoms with E-state index in [1.165, 1.54) is 11.8 Å². The van der Waals surface area contributed by atoms with Crippen LogP contribution < -0.4 is 0 Å². The van der Waals surface area contributed by atoms with Crippen molar-refractivity contribution in [3.63, 3.8) is 0 Å². The Morgan fingerprint density at radius 2 is 1.92 bits per heavy atom. The van der Waals surface area contributed by atoms with Gasteiger partial charge < -0.3 is 9.57 Å². The van der Waals surface area contributed by atoms with Crippen LogP contribution in [-0.4, -0.2) is 29.7 Å². The Balaban J connectivity index is 2.39. The normalized spacial score (nSPS) is 17.2. The molecule has 1 aromatic carbocycles. The van der Waals surface area contributed by atoms with Crippen LogP contribution in [0, 0.1) is 5.41 Å². The summed E-state index contributed by atoms with van der Waals surface area (Å²) in [5, 5.41) is 4.11. The first-order valence-corrected chi connectivity index (χ1v) is 9.99. The first kappa shape index (κ1) is 20.2. The molecule has 0 radical (unpaired) electrons. The minimum atomic E-state index is -0.468. The van der Waals surface area contributed by atoms with Crippen LogP contribution in [0.15, 0.2) is 46.8 Å². The summed E-state index contributed by atoms with van der Waals surface area (Å²) in [4.78, 5) is 30.5. The van der Waals surface area contributed by atoms with E-state index >= 15 is 0 Å². The van der Waals surface area contributed by atoms with Crippen molar-refractivity contribution < 1.29 is 19.2 Å². The number of esters is 1. The number of allylic oxidation sites excluding steroid dienone is 2. The van der Waals surface area contributed by atoms with Gasteiger partial charge in [0.1, 0.15) is 5.76 Å². The van der Waals surface area contributed by atoms with Crippen LogP contribution in [0.5, 0.6) is 0 Å². The Morgan fingerprint density at radius 3 is 2.54 bits per heavy atom. The van der Waals surface area contributed by atoms with Crippen LogP contribution >= 0.6 is 11.8 Å². The predicted octanol–water partition coefficient (Wildman–Crippen LogP) is 4.59. The van der Waals surface area contributed by atoms with E-state index in [2.05, 4.69) is 5.16 Å². The molecule has 26 heavy (non-hydrogen) atoms. The van der Waals surface area contributed by atoms with Crippen molar-refractivity contribution in [3.05, 3.63) is 47.2 Å². The van der Waals surface area contributed by atoms with Gasteiger partial charge in [-0.15, -0.1) is 11.8 Å². The molecule has 0 spiro atoms. The Kier molecular flexibility index (Phi) is 7.03. The van der Waals surface area contributed by atoms with E-state index in [1.807, 2.05) is 33.1 Å². The van der Waals surface area contributed by atoms with Gasteiger partial charge in [0.05, 0.1) is 16.8 Å². The van der Waals surface area contributed by atoms with Crippen molar-refractivity contribution in [1.29, 1.82) is 0 Å². The number of hydrogen-bond donors (Lipinski definition) is 0. The summed E-state index contributed by atoms with van der Waals surface area (Å²) in [5.74, 6) is 0.248. The molecule has 6 heteroatoms. The SMILES string of the molecule is CCC(=NOCSC)C1=C(OC(=O)c2ccccc2)CC(C)(C)CC1=O. The summed E-state index contributed by atoms with van der Waals surface area (Å²) < 4.78 is 5.66. The van der Waals surface area contributed by atoms with E-state index in [4.69, 9.17) is 9.57 Å². The topological polar surface area (TPSA) is 65.0 Å². The van der Waals surface area contributed by atoms with Crippen molar-refractivity contribution in [2.24, 2.45) is 10.6 Å². The summed E-state index contributed by atoms with van der Waals surface area (Å²) in [5.41, 5.74) is 1.09. The van der Waals surface area contributed by atoms with Crippen LogP contribution in [0.1, 0.15) is 50.4 Å². The van der Waals surface area contributed by atoms with Gasteiger partial charge >= 0.3 is 5.97 Å². The monoisotopic (exact) mass is 375 g/mol. The summed E-state index contributed by atoms with van der Waals surface area (Å²) in [6.07, 6.45) is 3.30. The Hall–Kier alpha value is -2.08. The molecule has 1 aliphatic rings. The third-order valence-corrected chi connectivity index (χ3v) is 4.37. The van der Waals surface area contributed by atoms with Crippen LogP contribution in [0.25, 0.3) is 0 Å². The maximum absolute atomic E-state index is 12.8. The standard InChI is InChI=1S/C20H25NO4S/c1-5-15(21-24-13-26-4)18-16(22)11-20(2,3)12-17(18)25-19(23)14-9-7-6-8-10-14/h6-10H,5,11-13H2,1-4H3. The van der Waals surface area contributed by atoms with Gasteiger partial charge in [-0.05, 0) is 30.2 Å². The predicted molar refractivity (Wildman–Crippen MR) is 104 cm³/mol. The number of benzene rings is 1. The lowest BCUT2D eigenvalue weighted by atomic mass is 9.75. The minimum Gasteiger partial charge on any atom is -0.427 e. The van der Waals surface area contributed by atoms with E-state index in [0.717, 1.165) is 0 Å². The number of carbonyl (C=O) groups excluding carboxylic acids is 2. The van der Waals surface area contributed by atoms with Gasteiger partial charge in [-0.2, -0.15) is 0 Å². The summed E-state index contributed by atoms with van der Waals surface area (Å²) in [6.45, 7) is 5.88. The molecule has 0 unspecified atom stereocenters. The number of thioether (sulfide) groups is 1. The lowest BCUT2D eigenvalue weighted by molar-refractivity contribution is -0.118. The quantitative estimate of drug-likeness (QED) is 0.229. The first-order valence-electron chi connectivity index (χ1n) is 8.59. The Labute approximate surface area is 158 Å². The minimum absolute atomic E-state index is 0.0644. The lowest BCUT2D eigenvalue weighted by Gasteiger charge is -2.31. The van der Waals surface area contributed by atoms with Gasteiger partial charge in [0.2, 0.25) is 0 Å². The van der Waals surface area contributed by atoms with Gasteiger partial charge in [-0.3, -0.25) is 4.79 Å². The number of ether oxygens (including phenoxy) is 1. The molecule has 2 rings (SSSR count). The molecule has 1 aromatic rings. The van der Waals surface area contributed by atoms with E-state index < -0.39 is 5.97 Å². The van der Waals surface area contributed by atoms with Crippen molar-refractivity contribution in [2.75, 3.05) is 12.2 Å². The molecule has 0 bridgehead atoms. The first-order chi connectivity index (χ1) is 12.4. The number of nitrogens with zero attached hydrogens (tertiary/aromatic N) is 1. The number of hydrogen-bond acceptors (Lipinski definition) is 6. The van der Waals surface area contributed by atoms with Gasteiger partial charge in [0, 0.05) is 12.8 Å². The second kappa shape index (κ2) is 9.03. The third kappa shape index (κ3) is 5.21. The highest BCUT2D eigenvalue weighted by Gasteiger charge is 2.37. The highest BCUT2D eigenvalue weighted by atomic mass is 32.2. The number of rotatable bonds is 7. The highest BCUT2D eigenvalue weighted by Crippen LogP contribution is 2.38. The number of Topliss-reactive ketones (excluding diaryl/α,β-unsaturated/α-hetero) is 1. The number of ketones is 1. The maximum atomic E-state index is 12.8. The molecule has 0 amide bonds. The fourth-order valence-electron chi connectivity index (χ4n) is 2.86. The van der Waals surface area contributed by atoms with Crippen LogP contribution in [0.2, 0.25) is 0 Å². The molecule has 5 nitrogen and oxygen atoms in total. The van der Waals surface area contributed by atoms with Crippen molar-refractivity contribution in [1.82, 2.24) is 0 Å². The fraction of sp³-hybridized carbons (Fsp3) is 0.450. The molecule has 1 aliphatic carbocycles. The molecule has 140 valence electrons. The summed E-state index contributed by atoms with van der Waals surface area (Å²) in [6, 6.07) is 8.76. The van der Waals surface area contributed by atoms with Crippen LogP contribution in [0.3, 0.4) is 0 Å². The molecule has 0 N–H and O–H groups in total. The van der Waals surface area contributed by atoms with Crippen molar-refractivity contribution >= 4 is 29.2 Å². The molecular weight excluding hydrogens is 350 g/mol. The zero-order valence-electron chi connectivity index (χ0n) is 15.7. The Morgan fingerprint density at radius 1 is 1.23 bits per heavy atom. The molecule has 0 saturated carbocycles. The number of oxime groups is 1. The van der Waals surface area contributed by atoms with E-state index in [9.17, 15) is 9.59 Å². The highest BCUT2D eigenvalue weighted by molar-refractivity contribution is 7.98. The average Bonchev–Trinajstić information content (AvgIpc) is 2.59. The van der Waals surface area contributed by atoms with Crippen LogP contribution in [0.4, 0.5) is 0 Å². The summed E-state index contributed by atoms with van der Waals surface area (Å²) in [7, 11) is 0. The van der Waals surface area contributed by atoms with Gasteiger partial charge in [-0.25, -0.2) is 4.79 Å². The van der Waals surface area contributed by atoms with Gasteiger partial charge in [-0.1, -0.05) is 44.1 Å². The summed E-state index contributed by atoms with van der Waals surface area (Å²) >= 11 is 1.49. The molecule has 0 aromatic heterocycles. The van der Waals surface area contributed by atoms with E-state index in [-0.39, 0.29) is 11.2 Å². The molecule has 0 aliphatic heterocycles. The third-order valence-electron chi connectivity index (χ3n) is 4.03. The molecule has 0 heterocycles. The zero-order valence-corrected chi connectivity index (χ0v) is 16.5. The molecule has 0 fully saturated rings. The average molecular weight is 375 g/mol. The lowest BCUT2D eigenvalue weighted by Crippen LogP contribution is -2.31.